The molecule has 1 aromatic carbocycles. The normalized spacial score (nSPS) is 14.7. The van der Waals surface area contributed by atoms with Crippen LogP contribution in [0.1, 0.15) is 58.7 Å². The lowest BCUT2D eigenvalue weighted by Crippen LogP contribution is -2.50. The minimum absolute atomic E-state index is 0.122. The third kappa shape index (κ3) is 6.11. The van der Waals surface area contributed by atoms with Gasteiger partial charge in [0.1, 0.15) is 23.8 Å². The number of carbonyl (C=O) groups excluding carboxylic acids is 3. The number of hydrogen-bond acceptors (Lipinski definition) is 6. The summed E-state index contributed by atoms with van der Waals surface area (Å²) in [6.07, 6.45) is 7.97. The first-order valence-electron chi connectivity index (χ1n) is 11.8. The number of benzene rings is 1. The van der Waals surface area contributed by atoms with Crippen molar-refractivity contribution in [1.82, 2.24) is 25.9 Å². The predicted octanol–water partition coefficient (Wildman–Crippen LogP) is 3.09. The summed E-state index contributed by atoms with van der Waals surface area (Å²) < 4.78 is 5.83. The number of nitrogens with zero attached hydrogens (tertiary/aromatic N) is 2. The minimum Gasteiger partial charge on any atom is -0.451 e. The van der Waals surface area contributed by atoms with Crippen LogP contribution in [0.3, 0.4) is 0 Å². The van der Waals surface area contributed by atoms with Gasteiger partial charge in [-0.3, -0.25) is 14.4 Å². The third-order valence-electron chi connectivity index (χ3n) is 6.25. The van der Waals surface area contributed by atoms with Crippen LogP contribution in [0.25, 0.3) is 11.3 Å². The van der Waals surface area contributed by atoms with E-state index in [2.05, 4.69) is 25.9 Å². The van der Waals surface area contributed by atoms with Crippen LogP contribution in [0.5, 0.6) is 0 Å². The number of rotatable bonds is 8. The number of furan rings is 1. The van der Waals surface area contributed by atoms with Crippen LogP contribution in [0.2, 0.25) is 0 Å². The van der Waals surface area contributed by atoms with E-state index in [0.717, 1.165) is 43.2 Å². The van der Waals surface area contributed by atoms with Crippen molar-refractivity contribution in [2.75, 3.05) is 7.05 Å². The second kappa shape index (κ2) is 11.4. The van der Waals surface area contributed by atoms with Crippen LogP contribution in [-0.2, 0) is 11.3 Å². The summed E-state index contributed by atoms with van der Waals surface area (Å²) in [4.78, 5) is 45.3. The van der Waals surface area contributed by atoms with E-state index in [1.165, 1.54) is 12.5 Å². The zero-order chi connectivity index (χ0) is 24.6. The van der Waals surface area contributed by atoms with E-state index in [1.54, 1.807) is 25.2 Å². The summed E-state index contributed by atoms with van der Waals surface area (Å²) in [7, 11) is 1.58. The molecule has 3 aromatic rings. The molecule has 1 aliphatic rings. The molecule has 1 saturated carbocycles. The molecule has 1 atom stereocenters. The number of nitrogens with one attached hydrogen (secondary N) is 3. The van der Waals surface area contributed by atoms with Gasteiger partial charge in [0.25, 0.3) is 11.8 Å². The highest BCUT2D eigenvalue weighted by molar-refractivity contribution is 5.96. The van der Waals surface area contributed by atoms with Gasteiger partial charge in [0.2, 0.25) is 5.91 Å². The fourth-order valence-electron chi connectivity index (χ4n) is 4.38. The maximum Gasteiger partial charge on any atom is 0.287 e. The van der Waals surface area contributed by atoms with E-state index in [0.29, 0.717) is 18.0 Å². The van der Waals surface area contributed by atoms with Gasteiger partial charge in [-0.15, -0.1) is 0 Å². The molecule has 2 aromatic heterocycles. The first-order chi connectivity index (χ1) is 17.0. The van der Waals surface area contributed by atoms with E-state index < -0.39 is 11.9 Å². The minimum atomic E-state index is -0.580. The van der Waals surface area contributed by atoms with Crippen molar-refractivity contribution in [3.8, 4) is 11.3 Å². The molecule has 9 nitrogen and oxygen atoms in total. The molecule has 35 heavy (non-hydrogen) atoms. The average molecular weight is 476 g/mol. The standard InChI is InChI=1S/C26H29N5O4/c1-27-26(34)23(18-7-3-2-4-8-18)31-25(33)22-11-10-21(35-22)19-9-5-6-17(14-19)15-29-24(32)20-12-13-28-16-30-20/h5-6,9-14,16,18,23H,2-4,7-8,15H2,1H3,(H,27,34)(H,29,32)(H,31,33)/t23-/m1/s1. The summed E-state index contributed by atoms with van der Waals surface area (Å²) in [5.41, 5.74) is 1.93. The number of likely N-dealkylation sites (N-methyl/N-ethyl adjacent to an activating group) is 1. The Kier molecular flexibility index (Phi) is 7.87. The molecule has 1 fully saturated rings. The largest absolute Gasteiger partial charge is 0.451 e. The van der Waals surface area contributed by atoms with Crippen molar-refractivity contribution in [3.63, 3.8) is 0 Å². The van der Waals surface area contributed by atoms with E-state index >= 15 is 0 Å². The summed E-state index contributed by atoms with van der Waals surface area (Å²) in [6.45, 7) is 0.305. The van der Waals surface area contributed by atoms with E-state index in [9.17, 15) is 14.4 Å². The molecule has 9 heteroatoms. The molecule has 0 bridgehead atoms. The highest BCUT2D eigenvalue weighted by Gasteiger charge is 2.31. The summed E-state index contributed by atoms with van der Waals surface area (Å²) in [6, 6.07) is 11.8. The Hall–Kier alpha value is -4.01. The zero-order valence-electron chi connectivity index (χ0n) is 19.6. The van der Waals surface area contributed by atoms with Crippen LogP contribution in [-0.4, -0.2) is 40.8 Å². The van der Waals surface area contributed by atoms with Crippen LogP contribution in [0.15, 0.2) is 59.4 Å². The highest BCUT2D eigenvalue weighted by atomic mass is 16.4. The number of aromatic nitrogens is 2. The summed E-state index contributed by atoms with van der Waals surface area (Å²) in [5.74, 6) is -0.104. The Morgan fingerprint density at radius 2 is 1.89 bits per heavy atom. The molecule has 0 spiro atoms. The second-order valence-electron chi connectivity index (χ2n) is 8.61. The van der Waals surface area contributed by atoms with E-state index in [-0.39, 0.29) is 23.5 Å². The molecule has 2 heterocycles. The van der Waals surface area contributed by atoms with E-state index in [4.69, 9.17) is 4.42 Å². The topological polar surface area (TPSA) is 126 Å². The molecule has 1 aliphatic carbocycles. The number of carbonyl (C=O) groups is 3. The van der Waals surface area contributed by atoms with Crippen molar-refractivity contribution in [1.29, 1.82) is 0 Å². The predicted molar refractivity (Wildman–Crippen MR) is 129 cm³/mol. The van der Waals surface area contributed by atoms with Gasteiger partial charge >= 0.3 is 0 Å². The Labute approximate surface area is 203 Å². The number of hydrogen-bond donors (Lipinski definition) is 3. The molecule has 0 unspecified atom stereocenters. The van der Waals surface area contributed by atoms with Crippen molar-refractivity contribution in [2.45, 2.75) is 44.7 Å². The molecule has 0 saturated heterocycles. The van der Waals surface area contributed by atoms with Gasteiger partial charge in [-0.2, -0.15) is 0 Å². The fourth-order valence-corrected chi connectivity index (χ4v) is 4.38. The van der Waals surface area contributed by atoms with Crippen LogP contribution < -0.4 is 16.0 Å². The monoisotopic (exact) mass is 475 g/mol. The lowest BCUT2D eigenvalue weighted by Gasteiger charge is -2.29. The van der Waals surface area contributed by atoms with Crippen LogP contribution in [0, 0.1) is 5.92 Å². The first kappa shape index (κ1) is 24.1. The van der Waals surface area contributed by atoms with Gasteiger partial charge in [0.05, 0.1) is 0 Å². The SMILES string of the molecule is CNC(=O)[C@H](NC(=O)c1ccc(-c2cccc(CNC(=O)c3ccncn3)c2)o1)C1CCCCC1. The molecular weight excluding hydrogens is 446 g/mol. The third-order valence-corrected chi connectivity index (χ3v) is 6.25. The van der Waals surface area contributed by atoms with Gasteiger partial charge < -0.3 is 20.4 Å². The van der Waals surface area contributed by atoms with Crippen molar-refractivity contribution >= 4 is 17.7 Å². The molecule has 0 aliphatic heterocycles. The molecule has 182 valence electrons. The van der Waals surface area contributed by atoms with Crippen molar-refractivity contribution < 1.29 is 18.8 Å². The Bertz CT molecular complexity index is 1170. The van der Waals surface area contributed by atoms with Crippen molar-refractivity contribution in [2.24, 2.45) is 5.92 Å². The maximum absolute atomic E-state index is 12.9. The summed E-state index contributed by atoms with van der Waals surface area (Å²) in [5, 5.41) is 8.37. The van der Waals surface area contributed by atoms with Gasteiger partial charge in [-0.05, 0) is 48.6 Å². The molecule has 4 rings (SSSR count). The van der Waals surface area contributed by atoms with Crippen LogP contribution in [0.4, 0.5) is 0 Å². The smallest absolute Gasteiger partial charge is 0.287 e. The molecule has 3 N–H and O–H groups in total. The molecule has 3 amide bonds. The average Bonchev–Trinajstić information content (AvgIpc) is 3.42. The second-order valence-corrected chi connectivity index (χ2v) is 8.61. The lowest BCUT2D eigenvalue weighted by atomic mass is 9.83. The van der Waals surface area contributed by atoms with Gasteiger partial charge in [-0.1, -0.05) is 37.5 Å². The quantitative estimate of drug-likeness (QED) is 0.460. The lowest BCUT2D eigenvalue weighted by molar-refractivity contribution is -0.124. The fraction of sp³-hybridized carbons (Fsp3) is 0.346. The Morgan fingerprint density at radius 1 is 1.06 bits per heavy atom. The Morgan fingerprint density at radius 3 is 2.63 bits per heavy atom. The van der Waals surface area contributed by atoms with E-state index in [1.807, 2.05) is 24.3 Å². The first-order valence-corrected chi connectivity index (χ1v) is 11.8. The maximum atomic E-state index is 12.9. The zero-order valence-corrected chi connectivity index (χ0v) is 19.6. The van der Waals surface area contributed by atoms with Gasteiger partial charge in [0, 0.05) is 25.4 Å². The number of amides is 3. The van der Waals surface area contributed by atoms with Crippen LogP contribution >= 0.6 is 0 Å². The molecule has 0 radical (unpaired) electrons. The summed E-state index contributed by atoms with van der Waals surface area (Å²) >= 11 is 0. The highest BCUT2D eigenvalue weighted by Crippen LogP contribution is 2.27. The van der Waals surface area contributed by atoms with Crippen molar-refractivity contribution in [3.05, 3.63) is 72.0 Å². The molecular formula is C26H29N5O4. The van der Waals surface area contributed by atoms with Gasteiger partial charge in [-0.25, -0.2) is 9.97 Å². The van der Waals surface area contributed by atoms with Gasteiger partial charge in [0.15, 0.2) is 5.76 Å². The Balaban J connectivity index is 1.41.